The van der Waals surface area contributed by atoms with E-state index in [4.69, 9.17) is 0 Å². The molecule has 0 bridgehead atoms. The van der Waals surface area contributed by atoms with E-state index in [0.717, 1.165) is 28.8 Å². The van der Waals surface area contributed by atoms with Crippen molar-refractivity contribution >= 4 is 27.3 Å². The van der Waals surface area contributed by atoms with Crippen LogP contribution in [0.1, 0.15) is 36.2 Å². The van der Waals surface area contributed by atoms with Gasteiger partial charge in [0, 0.05) is 22.3 Å². The summed E-state index contributed by atoms with van der Waals surface area (Å²) >= 11 is 5.16. The van der Waals surface area contributed by atoms with Crippen LogP contribution in [0.25, 0.3) is 0 Å². The highest BCUT2D eigenvalue weighted by molar-refractivity contribution is 9.10. The Bertz CT molecular complexity index is 521. The lowest BCUT2D eigenvalue weighted by molar-refractivity contribution is 0.168. The molecule has 0 spiro atoms. The summed E-state index contributed by atoms with van der Waals surface area (Å²) in [7, 11) is 0. The fraction of sp³-hybridized carbons (Fsp3) is 0.462. The zero-order valence-corrected chi connectivity index (χ0v) is 13.0. The van der Waals surface area contributed by atoms with Gasteiger partial charge in [0.25, 0.3) is 0 Å². The van der Waals surface area contributed by atoms with Crippen molar-refractivity contribution in [3.8, 4) is 0 Å². The lowest BCUT2D eigenvalue weighted by atomic mass is 10.1. The van der Waals surface area contributed by atoms with Crippen LogP contribution >= 0.6 is 27.3 Å². The van der Waals surface area contributed by atoms with Gasteiger partial charge in [0.1, 0.15) is 6.10 Å². The highest BCUT2D eigenvalue weighted by atomic mass is 79.9. The SMILES string of the molecule is CCc1cc(C(O)Cc2sccc2Br)n(CC)n1. The minimum Gasteiger partial charge on any atom is -0.386 e. The van der Waals surface area contributed by atoms with Crippen LogP contribution in [0.5, 0.6) is 0 Å². The van der Waals surface area contributed by atoms with E-state index in [1.807, 2.05) is 29.1 Å². The summed E-state index contributed by atoms with van der Waals surface area (Å²) in [6, 6.07) is 4.02. The molecule has 5 heteroatoms. The third-order valence-electron chi connectivity index (χ3n) is 2.93. The zero-order valence-electron chi connectivity index (χ0n) is 10.6. The second-order valence-electron chi connectivity index (χ2n) is 4.14. The molecule has 0 radical (unpaired) electrons. The van der Waals surface area contributed by atoms with Crippen molar-refractivity contribution in [3.63, 3.8) is 0 Å². The molecule has 0 aliphatic heterocycles. The van der Waals surface area contributed by atoms with Gasteiger partial charge < -0.3 is 5.11 Å². The molecule has 1 N–H and O–H groups in total. The van der Waals surface area contributed by atoms with Gasteiger partial charge in [-0.05, 0) is 46.8 Å². The Morgan fingerprint density at radius 3 is 2.83 bits per heavy atom. The number of rotatable bonds is 5. The molecule has 2 heterocycles. The number of aliphatic hydroxyl groups excluding tert-OH is 1. The van der Waals surface area contributed by atoms with Gasteiger partial charge in [-0.1, -0.05) is 6.92 Å². The number of halogens is 1. The largest absolute Gasteiger partial charge is 0.386 e. The maximum absolute atomic E-state index is 10.4. The molecule has 1 atom stereocenters. The van der Waals surface area contributed by atoms with Crippen molar-refractivity contribution in [3.05, 3.63) is 38.3 Å². The molecule has 18 heavy (non-hydrogen) atoms. The average molecular weight is 329 g/mol. The molecule has 2 aromatic rings. The number of aryl methyl sites for hydroxylation is 2. The van der Waals surface area contributed by atoms with Gasteiger partial charge in [0.2, 0.25) is 0 Å². The molecule has 0 saturated carbocycles. The van der Waals surface area contributed by atoms with Crippen LogP contribution < -0.4 is 0 Å². The number of nitrogens with zero attached hydrogens (tertiary/aromatic N) is 2. The third kappa shape index (κ3) is 2.84. The number of aliphatic hydroxyl groups is 1. The Balaban J connectivity index is 2.20. The number of hydrogen-bond acceptors (Lipinski definition) is 3. The van der Waals surface area contributed by atoms with Crippen LogP contribution in [0.3, 0.4) is 0 Å². The first-order valence-corrected chi connectivity index (χ1v) is 7.79. The maximum Gasteiger partial charge on any atom is 0.100 e. The summed E-state index contributed by atoms with van der Waals surface area (Å²) in [5, 5.41) is 16.9. The van der Waals surface area contributed by atoms with E-state index in [1.165, 1.54) is 4.88 Å². The Morgan fingerprint density at radius 1 is 1.50 bits per heavy atom. The van der Waals surface area contributed by atoms with E-state index in [-0.39, 0.29) is 0 Å². The number of thiophene rings is 1. The second kappa shape index (κ2) is 5.99. The minimum atomic E-state index is -0.493. The summed E-state index contributed by atoms with van der Waals surface area (Å²) in [6.45, 7) is 4.91. The van der Waals surface area contributed by atoms with Crippen LogP contribution in [0.2, 0.25) is 0 Å². The predicted octanol–water partition coefficient (Wildman–Crippen LogP) is 3.57. The first-order chi connectivity index (χ1) is 8.65. The van der Waals surface area contributed by atoms with Gasteiger partial charge in [-0.3, -0.25) is 4.68 Å². The van der Waals surface area contributed by atoms with Gasteiger partial charge in [-0.2, -0.15) is 5.10 Å². The van der Waals surface area contributed by atoms with Crippen LogP contribution in [-0.2, 0) is 19.4 Å². The summed E-state index contributed by atoms with van der Waals surface area (Å²) in [5.41, 5.74) is 1.95. The normalized spacial score (nSPS) is 12.9. The first-order valence-electron chi connectivity index (χ1n) is 6.12. The van der Waals surface area contributed by atoms with E-state index < -0.39 is 6.10 Å². The van der Waals surface area contributed by atoms with Crippen LogP contribution in [0.15, 0.2) is 22.0 Å². The fourth-order valence-corrected chi connectivity index (χ4v) is 3.48. The van der Waals surface area contributed by atoms with Crippen molar-refractivity contribution in [2.45, 2.75) is 39.3 Å². The zero-order chi connectivity index (χ0) is 13.1. The van der Waals surface area contributed by atoms with E-state index in [9.17, 15) is 5.11 Å². The Kier molecular flexibility index (Phi) is 4.59. The smallest absolute Gasteiger partial charge is 0.100 e. The fourth-order valence-electron chi connectivity index (χ4n) is 1.93. The van der Waals surface area contributed by atoms with Crippen LogP contribution in [0.4, 0.5) is 0 Å². The molecule has 0 saturated heterocycles. The standard InChI is InChI=1S/C13H17BrN2OS/c1-3-9-7-11(16(4-2)15-9)12(17)8-13-10(14)5-6-18-13/h5-7,12,17H,3-4,8H2,1-2H3. The Morgan fingerprint density at radius 2 is 2.28 bits per heavy atom. The van der Waals surface area contributed by atoms with Crippen LogP contribution in [0, 0.1) is 0 Å². The molecule has 0 aromatic carbocycles. The topological polar surface area (TPSA) is 38.0 Å². The predicted molar refractivity (Wildman–Crippen MR) is 78.0 cm³/mol. The quantitative estimate of drug-likeness (QED) is 0.911. The Hall–Kier alpha value is -0.650. The van der Waals surface area contributed by atoms with Gasteiger partial charge in [0.15, 0.2) is 0 Å². The number of hydrogen-bond donors (Lipinski definition) is 1. The average Bonchev–Trinajstić information content (AvgIpc) is 2.96. The molecule has 3 nitrogen and oxygen atoms in total. The van der Waals surface area contributed by atoms with E-state index in [1.54, 1.807) is 11.3 Å². The van der Waals surface area contributed by atoms with Gasteiger partial charge in [-0.15, -0.1) is 11.3 Å². The van der Waals surface area contributed by atoms with Crippen LogP contribution in [-0.4, -0.2) is 14.9 Å². The molecule has 2 aromatic heterocycles. The Labute approximate surface area is 120 Å². The molecular weight excluding hydrogens is 312 g/mol. The molecule has 0 aliphatic rings. The first kappa shape index (κ1) is 13.8. The molecule has 0 amide bonds. The lowest BCUT2D eigenvalue weighted by Crippen LogP contribution is -2.09. The summed E-state index contributed by atoms with van der Waals surface area (Å²) in [4.78, 5) is 1.17. The number of aromatic nitrogens is 2. The van der Waals surface area contributed by atoms with Gasteiger partial charge in [-0.25, -0.2) is 0 Å². The molecular formula is C13H17BrN2OS. The molecule has 0 aliphatic carbocycles. The molecule has 0 fully saturated rings. The minimum absolute atomic E-state index is 0.493. The van der Waals surface area contributed by atoms with Crippen molar-refractivity contribution in [2.24, 2.45) is 0 Å². The maximum atomic E-state index is 10.4. The summed E-state index contributed by atoms with van der Waals surface area (Å²) < 4.78 is 2.97. The summed E-state index contributed by atoms with van der Waals surface area (Å²) in [6.07, 6.45) is 1.04. The van der Waals surface area contributed by atoms with E-state index >= 15 is 0 Å². The van der Waals surface area contributed by atoms with E-state index in [2.05, 4.69) is 28.0 Å². The third-order valence-corrected chi connectivity index (χ3v) is 4.88. The lowest BCUT2D eigenvalue weighted by Gasteiger charge is -2.11. The molecule has 1 unspecified atom stereocenters. The summed E-state index contributed by atoms with van der Waals surface area (Å²) in [5.74, 6) is 0. The van der Waals surface area contributed by atoms with Crippen molar-refractivity contribution in [1.82, 2.24) is 9.78 Å². The molecule has 2 rings (SSSR count). The van der Waals surface area contributed by atoms with Crippen molar-refractivity contribution in [1.29, 1.82) is 0 Å². The van der Waals surface area contributed by atoms with Crippen molar-refractivity contribution in [2.75, 3.05) is 0 Å². The molecule has 98 valence electrons. The second-order valence-corrected chi connectivity index (χ2v) is 6.00. The van der Waals surface area contributed by atoms with Crippen molar-refractivity contribution < 1.29 is 5.11 Å². The van der Waals surface area contributed by atoms with Gasteiger partial charge in [0.05, 0.1) is 11.4 Å². The van der Waals surface area contributed by atoms with E-state index in [0.29, 0.717) is 6.42 Å². The highest BCUT2D eigenvalue weighted by Gasteiger charge is 2.17. The highest BCUT2D eigenvalue weighted by Crippen LogP contribution is 2.28. The van der Waals surface area contributed by atoms with Gasteiger partial charge >= 0.3 is 0 Å². The monoisotopic (exact) mass is 328 g/mol.